The first kappa shape index (κ1) is 13.8. The van der Waals surface area contributed by atoms with Crippen LogP contribution < -0.4 is 10.2 Å². The molecule has 1 aromatic rings. The highest BCUT2D eigenvalue weighted by Gasteiger charge is 2.41. The Morgan fingerprint density at radius 1 is 1.30 bits per heavy atom. The van der Waals surface area contributed by atoms with Gasteiger partial charge in [0.25, 0.3) is 0 Å². The number of hydrogen-bond donors (Lipinski definition) is 1. The summed E-state index contributed by atoms with van der Waals surface area (Å²) >= 11 is 0. The second-order valence-electron chi connectivity index (χ2n) is 6.13. The van der Waals surface area contributed by atoms with E-state index in [1.165, 1.54) is 18.9 Å². The van der Waals surface area contributed by atoms with Crippen LogP contribution in [0.5, 0.6) is 0 Å². The van der Waals surface area contributed by atoms with Crippen molar-refractivity contribution < 1.29 is 8.78 Å². The molecule has 2 fully saturated rings. The van der Waals surface area contributed by atoms with E-state index in [1.54, 1.807) is 12.1 Å². The summed E-state index contributed by atoms with van der Waals surface area (Å²) in [5, 5.41) is 3.67. The zero-order valence-electron chi connectivity index (χ0n) is 12.0. The molecule has 1 aromatic carbocycles. The summed E-state index contributed by atoms with van der Waals surface area (Å²) in [6.45, 7) is 3.74. The van der Waals surface area contributed by atoms with E-state index in [9.17, 15) is 8.78 Å². The third-order valence-electron chi connectivity index (χ3n) is 4.90. The van der Waals surface area contributed by atoms with Crippen LogP contribution in [-0.4, -0.2) is 24.7 Å². The molecule has 1 unspecified atom stereocenters. The third kappa shape index (κ3) is 2.30. The lowest BCUT2D eigenvalue weighted by atomic mass is 9.91. The van der Waals surface area contributed by atoms with Gasteiger partial charge in [0, 0.05) is 24.7 Å². The molecule has 1 N–H and O–H groups in total. The topological polar surface area (TPSA) is 15.3 Å². The minimum Gasteiger partial charge on any atom is -0.363 e. The number of nitrogens with zero attached hydrogens (tertiary/aromatic N) is 1. The molecule has 3 rings (SSSR count). The largest absolute Gasteiger partial charge is 0.363 e. The van der Waals surface area contributed by atoms with Gasteiger partial charge in [0.05, 0.1) is 5.69 Å². The van der Waals surface area contributed by atoms with E-state index in [-0.39, 0.29) is 11.6 Å². The molecule has 110 valence electrons. The van der Waals surface area contributed by atoms with E-state index in [0.717, 1.165) is 32.4 Å². The smallest absolute Gasteiger partial charge is 0.182 e. The fraction of sp³-hybridized carbons (Fsp3) is 0.625. The lowest BCUT2D eigenvalue weighted by Crippen LogP contribution is -2.63. The van der Waals surface area contributed by atoms with Gasteiger partial charge >= 0.3 is 0 Å². The number of halogens is 2. The molecule has 1 heterocycles. The van der Waals surface area contributed by atoms with Crippen LogP contribution in [0, 0.1) is 11.6 Å². The number of hydrogen-bond acceptors (Lipinski definition) is 2. The van der Waals surface area contributed by atoms with Crippen molar-refractivity contribution in [3.8, 4) is 0 Å². The number of rotatable bonds is 2. The number of benzene rings is 1. The predicted octanol–water partition coefficient (Wildman–Crippen LogP) is 3.47. The molecule has 1 saturated carbocycles. The van der Waals surface area contributed by atoms with Gasteiger partial charge in [0.1, 0.15) is 0 Å². The minimum atomic E-state index is -0.753. The molecule has 0 aromatic heterocycles. The monoisotopic (exact) mass is 280 g/mol. The van der Waals surface area contributed by atoms with Gasteiger partial charge in [-0.3, -0.25) is 0 Å². The third-order valence-corrected chi connectivity index (χ3v) is 4.90. The maximum absolute atomic E-state index is 14.1. The molecule has 2 nitrogen and oxygen atoms in total. The van der Waals surface area contributed by atoms with Gasteiger partial charge < -0.3 is 10.2 Å². The molecule has 0 amide bonds. The van der Waals surface area contributed by atoms with Crippen molar-refractivity contribution in [1.29, 1.82) is 0 Å². The Kier molecular flexibility index (Phi) is 3.67. The quantitative estimate of drug-likeness (QED) is 0.892. The van der Waals surface area contributed by atoms with E-state index < -0.39 is 11.6 Å². The average Bonchev–Trinajstić information content (AvgIpc) is 2.90. The molecule has 1 atom stereocenters. The van der Waals surface area contributed by atoms with Crippen molar-refractivity contribution >= 4 is 5.69 Å². The normalized spacial score (nSPS) is 25.4. The lowest BCUT2D eigenvalue weighted by Gasteiger charge is -2.47. The molecule has 1 saturated heterocycles. The summed E-state index contributed by atoms with van der Waals surface area (Å²) in [7, 11) is 0. The van der Waals surface area contributed by atoms with E-state index in [1.807, 2.05) is 0 Å². The van der Waals surface area contributed by atoms with Crippen LogP contribution in [0.3, 0.4) is 0 Å². The fourth-order valence-corrected chi connectivity index (χ4v) is 3.70. The van der Waals surface area contributed by atoms with Crippen molar-refractivity contribution in [2.45, 2.75) is 50.6 Å². The Hall–Kier alpha value is -1.16. The summed E-state index contributed by atoms with van der Waals surface area (Å²) in [5.74, 6) is -1.46. The highest BCUT2D eigenvalue weighted by Crippen LogP contribution is 2.36. The van der Waals surface area contributed by atoms with Gasteiger partial charge in [0.15, 0.2) is 11.6 Å². The van der Waals surface area contributed by atoms with Gasteiger partial charge in [0.2, 0.25) is 0 Å². The second-order valence-corrected chi connectivity index (χ2v) is 6.13. The van der Waals surface area contributed by atoms with Gasteiger partial charge in [-0.1, -0.05) is 25.8 Å². The first-order valence-corrected chi connectivity index (χ1v) is 7.61. The summed E-state index contributed by atoms with van der Waals surface area (Å²) in [6.07, 6.45) is 5.65. The Balaban J connectivity index is 1.92. The number of nitrogens with one attached hydrogen (secondary N) is 1. The Bertz CT molecular complexity index is 483. The van der Waals surface area contributed by atoms with Crippen LogP contribution >= 0.6 is 0 Å². The summed E-state index contributed by atoms with van der Waals surface area (Å²) in [6, 6.07) is 4.73. The molecule has 0 bridgehead atoms. The zero-order chi connectivity index (χ0) is 14.2. The minimum absolute atomic E-state index is 0.102. The van der Waals surface area contributed by atoms with Crippen molar-refractivity contribution in [1.82, 2.24) is 5.32 Å². The first-order valence-electron chi connectivity index (χ1n) is 7.61. The first-order chi connectivity index (χ1) is 9.65. The van der Waals surface area contributed by atoms with E-state index >= 15 is 0 Å². The number of anilines is 1. The number of piperazine rings is 1. The Morgan fingerprint density at radius 3 is 2.75 bits per heavy atom. The van der Waals surface area contributed by atoms with Crippen LogP contribution in [-0.2, 0) is 0 Å². The SMILES string of the molecule is CCC1CNC2(CCCC2)CN1c1cccc(F)c1F. The lowest BCUT2D eigenvalue weighted by molar-refractivity contribution is 0.265. The fourth-order valence-electron chi connectivity index (χ4n) is 3.70. The predicted molar refractivity (Wildman–Crippen MR) is 77.0 cm³/mol. The molecule has 0 radical (unpaired) electrons. The molecule has 20 heavy (non-hydrogen) atoms. The van der Waals surface area contributed by atoms with Crippen molar-refractivity contribution in [2.24, 2.45) is 0 Å². The highest BCUT2D eigenvalue weighted by atomic mass is 19.2. The van der Waals surface area contributed by atoms with Crippen molar-refractivity contribution in [2.75, 3.05) is 18.0 Å². The average molecular weight is 280 g/mol. The van der Waals surface area contributed by atoms with Crippen LogP contribution in [0.2, 0.25) is 0 Å². The van der Waals surface area contributed by atoms with Gasteiger partial charge in [-0.25, -0.2) is 8.78 Å². The molecule has 4 heteroatoms. The van der Waals surface area contributed by atoms with E-state index in [0.29, 0.717) is 5.69 Å². The van der Waals surface area contributed by atoms with Crippen LogP contribution in [0.4, 0.5) is 14.5 Å². The van der Waals surface area contributed by atoms with E-state index in [4.69, 9.17) is 0 Å². The Labute approximate surface area is 119 Å². The molecular formula is C16H22F2N2. The highest BCUT2D eigenvalue weighted by molar-refractivity contribution is 5.50. The van der Waals surface area contributed by atoms with Gasteiger partial charge in [-0.05, 0) is 31.4 Å². The van der Waals surface area contributed by atoms with Gasteiger partial charge in [-0.2, -0.15) is 0 Å². The summed E-state index contributed by atoms with van der Waals surface area (Å²) in [5.41, 5.74) is 0.523. The van der Waals surface area contributed by atoms with Crippen molar-refractivity contribution in [3.05, 3.63) is 29.8 Å². The standard InChI is InChI=1S/C16H22F2N2/c1-2-12-10-19-16(8-3-4-9-16)11-20(12)14-7-5-6-13(17)15(14)18/h5-7,12,19H,2-4,8-11H2,1H3. The molecule has 1 spiro atoms. The van der Waals surface area contributed by atoms with Crippen LogP contribution in [0.15, 0.2) is 18.2 Å². The molecular weight excluding hydrogens is 258 g/mol. The summed E-state index contributed by atoms with van der Waals surface area (Å²) < 4.78 is 27.7. The maximum Gasteiger partial charge on any atom is 0.182 e. The zero-order valence-corrected chi connectivity index (χ0v) is 12.0. The van der Waals surface area contributed by atoms with Crippen molar-refractivity contribution in [3.63, 3.8) is 0 Å². The van der Waals surface area contributed by atoms with Crippen LogP contribution in [0.1, 0.15) is 39.0 Å². The van der Waals surface area contributed by atoms with E-state index in [2.05, 4.69) is 17.1 Å². The van der Waals surface area contributed by atoms with Crippen LogP contribution in [0.25, 0.3) is 0 Å². The summed E-state index contributed by atoms with van der Waals surface area (Å²) in [4.78, 5) is 2.08. The maximum atomic E-state index is 14.1. The second kappa shape index (κ2) is 5.32. The van der Waals surface area contributed by atoms with Gasteiger partial charge in [-0.15, -0.1) is 0 Å². The Morgan fingerprint density at radius 2 is 2.05 bits per heavy atom. The molecule has 1 aliphatic heterocycles. The molecule has 1 aliphatic carbocycles. The molecule has 2 aliphatic rings.